The minimum Gasteiger partial charge on any atom is -0.378 e. The van der Waals surface area contributed by atoms with Crippen LogP contribution in [0.15, 0.2) is 12.1 Å². The first-order valence-electron chi connectivity index (χ1n) is 8.95. The highest BCUT2D eigenvalue weighted by Gasteiger charge is 2.25. The van der Waals surface area contributed by atoms with Crippen molar-refractivity contribution in [2.45, 2.75) is 33.6 Å². The zero-order valence-electron chi connectivity index (χ0n) is 16.1. The molecule has 0 aromatic heterocycles. The first kappa shape index (κ1) is 19.1. The fourth-order valence-electron chi connectivity index (χ4n) is 3.18. The molecule has 1 fully saturated rings. The van der Waals surface area contributed by atoms with Crippen LogP contribution in [0.3, 0.4) is 0 Å². The van der Waals surface area contributed by atoms with E-state index in [1.165, 1.54) is 0 Å². The Balaban J connectivity index is 2.10. The van der Waals surface area contributed by atoms with Crippen LogP contribution in [0.2, 0.25) is 0 Å². The van der Waals surface area contributed by atoms with Gasteiger partial charge in [-0.15, -0.1) is 0 Å². The molecule has 0 aliphatic carbocycles. The van der Waals surface area contributed by atoms with Gasteiger partial charge in [-0.25, -0.2) is 4.79 Å². The monoisotopic (exact) mass is 346 g/mol. The van der Waals surface area contributed by atoms with Crippen LogP contribution < -0.4 is 10.2 Å². The molecule has 1 N–H and O–H groups in total. The zero-order valence-corrected chi connectivity index (χ0v) is 16.1. The van der Waals surface area contributed by atoms with Crippen LogP contribution in [0.25, 0.3) is 0 Å². The Morgan fingerprint density at radius 2 is 1.84 bits per heavy atom. The highest BCUT2D eigenvalue weighted by molar-refractivity contribution is 5.94. The third kappa shape index (κ3) is 4.65. The molecular weight excluding hydrogens is 316 g/mol. The molecule has 0 unspecified atom stereocenters. The third-order valence-corrected chi connectivity index (χ3v) is 4.58. The number of amides is 3. The average molecular weight is 346 g/mol. The largest absolute Gasteiger partial charge is 0.378 e. The number of benzene rings is 1. The van der Waals surface area contributed by atoms with E-state index in [0.717, 1.165) is 48.4 Å². The summed E-state index contributed by atoms with van der Waals surface area (Å²) < 4.78 is 0. The van der Waals surface area contributed by atoms with E-state index in [4.69, 9.17) is 0 Å². The fraction of sp³-hybridized carbons (Fsp3) is 0.579. The minimum absolute atomic E-state index is 0.0332. The van der Waals surface area contributed by atoms with Crippen LogP contribution in [0.5, 0.6) is 0 Å². The predicted molar refractivity (Wildman–Crippen MR) is 102 cm³/mol. The molecule has 138 valence electrons. The maximum atomic E-state index is 12.7. The van der Waals surface area contributed by atoms with Gasteiger partial charge in [0.2, 0.25) is 5.91 Å². The summed E-state index contributed by atoms with van der Waals surface area (Å²) in [4.78, 5) is 30.5. The van der Waals surface area contributed by atoms with Crippen LogP contribution in [0, 0.1) is 13.8 Å². The van der Waals surface area contributed by atoms with Crippen molar-refractivity contribution in [3.8, 4) is 0 Å². The third-order valence-electron chi connectivity index (χ3n) is 4.58. The molecule has 1 heterocycles. The summed E-state index contributed by atoms with van der Waals surface area (Å²) in [5, 5.41) is 3.01. The zero-order chi connectivity index (χ0) is 18.6. The number of rotatable bonds is 4. The van der Waals surface area contributed by atoms with Crippen molar-refractivity contribution in [3.05, 3.63) is 23.3 Å². The molecule has 3 amide bonds. The van der Waals surface area contributed by atoms with Gasteiger partial charge >= 0.3 is 6.03 Å². The van der Waals surface area contributed by atoms with Crippen LogP contribution in [0.4, 0.5) is 16.2 Å². The number of hydrogen-bond acceptors (Lipinski definition) is 3. The van der Waals surface area contributed by atoms with E-state index in [-0.39, 0.29) is 18.5 Å². The van der Waals surface area contributed by atoms with Gasteiger partial charge in [0, 0.05) is 45.1 Å². The minimum atomic E-state index is -0.199. The molecular formula is C19H30N4O2. The van der Waals surface area contributed by atoms with Crippen LogP contribution >= 0.6 is 0 Å². The fourth-order valence-corrected chi connectivity index (χ4v) is 3.18. The Labute approximate surface area is 150 Å². The number of hydrogen-bond donors (Lipinski definition) is 1. The lowest BCUT2D eigenvalue weighted by Gasteiger charge is -2.23. The molecule has 1 saturated heterocycles. The van der Waals surface area contributed by atoms with Gasteiger partial charge in [-0.3, -0.25) is 4.79 Å². The number of aryl methyl sites for hydroxylation is 2. The van der Waals surface area contributed by atoms with Gasteiger partial charge in [-0.2, -0.15) is 0 Å². The van der Waals surface area contributed by atoms with Crippen LogP contribution in [-0.4, -0.2) is 62.0 Å². The molecule has 6 nitrogen and oxygen atoms in total. The van der Waals surface area contributed by atoms with Crippen LogP contribution in [-0.2, 0) is 4.79 Å². The summed E-state index contributed by atoms with van der Waals surface area (Å²) in [7, 11) is 3.99. The van der Waals surface area contributed by atoms with Crippen molar-refractivity contribution >= 4 is 23.3 Å². The Bertz CT molecular complexity index is 619. The number of nitrogens with one attached hydrogen (secondary N) is 1. The van der Waals surface area contributed by atoms with Crippen molar-refractivity contribution < 1.29 is 9.59 Å². The molecule has 2 rings (SSSR count). The number of carbonyl (C=O) groups is 2. The molecule has 1 aromatic rings. The van der Waals surface area contributed by atoms with E-state index in [0.29, 0.717) is 6.54 Å². The summed E-state index contributed by atoms with van der Waals surface area (Å²) in [5.41, 5.74) is 3.97. The van der Waals surface area contributed by atoms with Gasteiger partial charge in [-0.1, -0.05) is 6.92 Å². The summed E-state index contributed by atoms with van der Waals surface area (Å²) in [6, 6.07) is 3.91. The summed E-state index contributed by atoms with van der Waals surface area (Å²) in [6.45, 7) is 8.29. The first-order chi connectivity index (χ1) is 11.8. The second kappa shape index (κ2) is 8.23. The first-order valence-corrected chi connectivity index (χ1v) is 8.95. The molecule has 1 aromatic carbocycles. The molecule has 1 aliphatic rings. The van der Waals surface area contributed by atoms with Gasteiger partial charge in [0.1, 0.15) is 6.54 Å². The lowest BCUT2D eigenvalue weighted by molar-refractivity contribution is -0.130. The normalized spacial score (nSPS) is 15.2. The van der Waals surface area contributed by atoms with E-state index in [2.05, 4.69) is 24.4 Å². The molecule has 0 radical (unpaired) electrons. The maximum Gasteiger partial charge on any atom is 0.322 e. The Morgan fingerprint density at radius 1 is 1.20 bits per heavy atom. The van der Waals surface area contributed by atoms with Crippen molar-refractivity contribution in [2.75, 3.05) is 50.5 Å². The van der Waals surface area contributed by atoms with Crippen molar-refractivity contribution in [3.63, 3.8) is 0 Å². The second-order valence-corrected chi connectivity index (χ2v) is 6.94. The highest BCUT2D eigenvalue weighted by atomic mass is 16.2. The summed E-state index contributed by atoms with van der Waals surface area (Å²) >= 11 is 0. The van der Waals surface area contributed by atoms with Gasteiger partial charge < -0.3 is 20.0 Å². The molecule has 0 atom stereocenters. The molecule has 0 bridgehead atoms. The number of carbonyl (C=O) groups excluding carboxylic acids is 2. The van der Waals surface area contributed by atoms with Crippen molar-refractivity contribution in [1.82, 2.24) is 9.80 Å². The Morgan fingerprint density at radius 3 is 2.40 bits per heavy atom. The number of anilines is 2. The van der Waals surface area contributed by atoms with E-state index >= 15 is 0 Å². The molecule has 6 heteroatoms. The van der Waals surface area contributed by atoms with E-state index < -0.39 is 0 Å². The van der Waals surface area contributed by atoms with Crippen molar-refractivity contribution in [1.29, 1.82) is 0 Å². The Hall–Kier alpha value is -2.24. The molecule has 1 aliphatic heterocycles. The lowest BCUT2D eigenvalue weighted by atomic mass is 10.1. The SMILES string of the molecule is CCCN1CCCN(C(=O)Nc2c(C)cc(N(C)C)cc2C)CC1=O. The number of nitrogens with zero attached hydrogens (tertiary/aromatic N) is 3. The maximum absolute atomic E-state index is 12.7. The topological polar surface area (TPSA) is 55.9 Å². The average Bonchev–Trinajstić information content (AvgIpc) is 2.73. The van der Waals surface area contributed by atoms with Gasteiger partial charge in [-0.05, 0) is 49.9 Å². The molecule has 25 heavy (non-hydrogen) atoms. The number of urea groups is 1. The summed E-state index contributed by atoms with van der Waals surface area (Å²) in [5.74, 6) is 0.0332. The highest BCUT2D eigenvalue weighted by Crippen LogP contribution is 2.26. The summed E-state index contributed by atoms with van der Waals surface area (Å²) in [6.07, 6.45) is 1.76. The van der Waals surface area contributed by atoms with Gasteiger partial charge in [0.25, 0.3) is 0 Å². The van der Waals surface area contributed by atoms with E-state index in [1.54, 1.807) is 4.90 Å². The van der Waals surface area contributed by atoms with Gasteiger partial charge in [0.15, 0.2) is 0 Å². The van der Waals surface area contributed by atoms with E-state index in [1.807, 2.05) is 37.7 Å². The quantitative estimate of drug-likeness (QED) is 0.912. The lowest BCUT2D eigenvalue weighted by Crippen LogP contribution is -2.41. The van der Waals surface area contributed by atoms with E-state index in [9.17, 15) is 9.59 Å². The second-order valence-electron chi connectivity index (χ2n) is 6.94. The standard InChI is InChI=1S/C19H30N4O2/c1-6-8-22-9-7-10-23(13-17(22)24)19(25)20-18-14(2)11-16(21(4)5)12-15(18)3/h11-12H,6-10,13H2,1-5H3,(H,20,25). The predicted octanol–water partition coefficient (Wildman–Crippen LogP) is 2.85. The van der Waals surface area contributed by atoms with Crippen molar-refractivity contribution in [2.24, 2.45) is 0 Å². The van der Waals surface area contributed by atoms with Crippen LogP contribution in [0.1, 0.15) is 30.9 Å². The van der Waals surface area contributed by atoms with Gasteiger partial charge in [0.05, 0.1) is 0 Å². The molecule has 0 saturated carbocycles. The molecule has 0 spiro atoms. The smallest absolute Gasteiger partial charge is 0.322 e. The Kier molecular flexibility index (Phi) is 6.28.